The predicted molar refractivity (Wildman–Crippen MR) is 84.3 cm³/mol. The van der Waals surface area contributed by atoms with Gasteiger partial charge in [0.1, 0.15) is 11.9 Å². The van der Waals surface area contributed by atoms with Crippen molar-refractivity contribution in [3.8, 4) is 0 Å². The van der Waals surface area contributed by atoms with Crippen molar-refractivity contribution in [1.29, 1.82) is 0 Å². The Bertz CT molecular complexity index is 814. The fraction of sp³-hybridized carbons (Fsp3) is 0.444. The van der Waals surface area contributed by atoms with E-state index in [4.69, 9.17) is 0 Å². The molecule has 0 spiro atoms. The van der Waals surface area contributed by atoms with Crippen LogP contribution in [-0.2, 0) is 9.59 Å². The molecule has 7 heteroatoms. The summed E-state index contributed by atoms with van der Waals surface area (Å²) in [6.07, 6.45) is 3.89. The Morgan fingerprint density at radius 1 is 1.00 bits per heavy atom. The lowest BCUT2D eigenvalue weighted by atomic mass is 9.90. The summed E-state index contributed by atoms with van der Waals surface area (Å²) in [7, 11) is 0. The lowest BCUT2D eigenvalue weighted by molar-refractivity contribution is -0.136. The largest absolute Gasteiger partial charge is 0.295 e. The van der Waals surface area contributed by atoms with Crippen LogP contribution >= 0.6 is 0 Å². The monoisotopic (exact) mass is 344 g/mol. The summed E-state index contributed by atoms with van der Waals surface area (Å²) in [5, 5.41) is 2.16. The zero-order valence-corrected chi connectivity index (χ0v) is 13.5. The molecule has 1 aromatic rings. The third-order valence-corrected chi connectivity index (χ3v) is 5.33. The molecule has 6 nitrogen and oxygen atoms in total. The Balaban J connectivity index is 1.76. The number of fused-ring (bicyclic) bond motifs is 1. The number of carbonyl (C=O) groups excluding carboxylic acids is 4. The molecule has 25 heavy (non-hydrogen) atoms. The van der Waals surface area contributed by atoms with Crippen LogP contribution in [-0.4, -0.2) is 34.6 Å². The number of piperidine rings is 1. The zero-order chi connectivity index (χ0) is 17.7. The van der Waals surface area contributed by atoms with Crippen LogP contribution in [0.5, 0.6) is 0 Å². The quantitative estimate of drug-likeness (QED) is 0.831. The van der Waals surface area contributed by atoms with Crippen molar-refractivity contribution in [2.75, 3.05) is 0 Å². The van der Waals surface area contributed by atoms with E-state index in [2.05, 4.69) is 5.32 Å². The SMILES string of the molecule is O=C1CCC(N2C(=O)c3cc(F)cc(C4CCCC4)c3C2=O)C(=O)N1. The van der Waals surface area contributed by atoms with E-state index in [0.717, 1.165) is 36.6 Å². The highest BCUT2D eigenvalue weighted by Gasteiger charge is 2.46. The van der Waals surface area contributed by atoms with Crippen LogP contribution in [0.2, 0.25) is 0 Å². The second-order valence-corrected chi connectivity index (χ2v) is 6.85. The number of benzene rings is 1. The molecule has 1 N–H and O–H groups in total. The molecule has 1 atom stereocenters. The standard InChI is InChI=1S/C18H17FN2O4/c19-10-7-11(9-3-1-2-4-9)15-12(8-10)17(24)21(18(15)25)13-5-6-14(22)20-16(13)23/h7-9,13H,1-6H2,(H,20,22,23). The van der Waals surface area contributed by atoms with E-state index in [1.54, 1.807) is 0 Å². The smallest absolute Gasteiger partial charge is 0.262 e. The van der Waals surface area contributed by atoms with Crippen molar-refractivity contribution in [1.82, 2.24) is 10.2 Å². The van der Waals surface area contributed by atoms with Crippen LogP contribution in [0.25, 0.3) is 0 Å². The van der Waals surface area contributed by atoms with Gasteiger partial charge in [0.15, 0.2) is 0 Å². The van der Waals surface area contributed by atoms with Crippen molar-refractivity contribution >= 4 is 23.6 Å². The maximum atomic E-state index is 14.1. The van der Waals surface area contributed by atoms with E-state index >= 15 is 0 Å². The van der Waals surface area contributed by atoms with Gasteiger partial charge < -0.3 is 0 Å². The molecule has 2 heterocycles. The Hall–Kier alpha value is -2.57. The molecule has 4 amide bonds. The van der Waals surface area contributed by atoms with E-state index in [9.17, 15) is 23.6 Å². The van der Waals surface area contributed by atoms with Crippen molar-refractivity contribution in [3.63, 3.8) is 0 Å². The molecule has 2 aliphatic heterocycles. The Labute approximate surface area is 143 Å². The van der Waals surface area contributed by atoms with Gasteiger partial charge in [-0.25, -0.2) is 4.39 Å². The van der Waals surface area contributed by atoms with Gasteiger partial charge in [-0.1, -0.05) is 12.8 Å². The van der Waals surface area contributed by atoms with E-state index < -0.39 is 35.5 Å². The highest BCUT2D eigenvalue weighted by Crippen LogP contribution is 2.40. The fourth-order valence-corrected chi connectivity index (χ4v) is 4.15. The summed E-state index contributed by atoms with van der Waals surface area (Å²) < 4.78 is 14.1. The lowest BCUT2D eigenvalue weighted by Gasteiger charge is -2.28. The molecule has 4 rings (SSSR count). The first kappa shape index (κ1) is 15.9. The van der Waals surface area contributed by atoms with E-state index in [0.29, 0.717) is 5.56 Å². The first-order chi connectivity index (χ1) is 12.0. The number of carbonyl (C=O) groups is 4. The topological polar surface area (TPSA) is 83.6 Å². The molecule has 1 saturated carbocycles. The van der Waals surface area contributed by atoms with Gasteiger partial charge in [-0.05, 0) is 42.9 Å². The summed E-state index contributed by atoms with van der Waals surface area (Å²) in [6.45, 7) is 0. The molecule has 1 aromatic carbocycles. The first-order valence-electron chi connectivity index (χ1n) is 8.52. The molecule has 1 saturated heterocycles. The summed E-state index contributed by atoms with van der Waals surface area (Å²) in [5.74, 6) is -2.79. The molecule has 3 aliphatic rings. The van der Waals surface area contributed by atoms with Crippen LogP contribution in [0.3, 0.4) is 0 Å². The van der Waals surface area contributed by atoms with Gasteiger partial charge in [-0.3, -0.25) is 29.4 Å². The van der Waals surface area contributed by atoms with E-state index in [-0.39, 0.29) is 29.9 Å². The number of rotatable bonds is 2. The van der Waals surface area contributed by atoms with E-state index in [1.807, 2.05) is 0 Å². The van der Waals surface area contributed by atoms with Gasteiger partial charge in [0.05, 0.1) is 11.1 Å². The van der Waals surface area contributed by atoms with Crippen LogP contribution < -0.4 is 5.32 Å². The molecule has 1 unspecified atom stereocenters. The number of nitrogens with zero attached hydrogens (tertiary/aromatic N) is 1. The number of amides is 4. The van der Waals surface area contributed by atoms with Crippen molar-refractivity contribution in [2.45, 2.75) is 50.5 Å². The van der Waals surface area contributed by atoms with Crippen molar-refractivity contribution < 1.29 is 23.6 Å². The first-order valence-corrected chi connectivity index (χ1v) is 8.52. The van der Waals surface area contributed by atoms with Crippen LogP contribution in [0.15, 0.2) is 12.1 Å². The molecular formula is C18H17FN2O4. The summed E-state index contributed by atoms with van der Waals surface area (Å²) in [5.41, 5.74) is 0.820. The number of nitrogens with one attached hydrogen (secondary N) is 1. The average Bonchev–Trinajstić information content (AvgIpc) is 3.17. The third-order valence-electron chi connectivity index (χ3n) is 5.33. The number of hydrogen-bond acceptors (Lipinski definition) is 4. The zero-order valence-electron chi connectivity index (χ0n) is 13.5. The molecule has 2 fully saturated rings. The normalized spacial score (nSPS) is 24.0. The van der Waals surface area contributed by atoms with Gasteiger partial charge in [-0.15, -0.1) is 0 Å². The summed E-state index contributed by atoms with van der Waals surface area (Å²) in [6, 6.07) is 1.39. The van der Waals surface area contributed by atoms with Crippen molar-refractivity contribution in [2.24, 2.45) is 0 Å². The van der Waals surface area contributed by atoms with Gasteiger partial charge in [0, 0.05) is 6.42 Å². The van der Waals surface area contributed by atoms with E-state index in [1.165, 1.54) is 6.07 Å². The Kier molecular flexibility index (Phi) is 3.67. The molecule has 0 radical (unpaired) electrons. The minimum absolute atomic E-state index is 0.0246. The molecular weight excluding hydrogens is 327 g/mol. The average molecular weight is 344 g/mol. The van der Waals surface area contributed by atoms with Gasteiger partial charge >= 0.3 is 0 Å². The number of imide groups is 2. The molecule has 0 aromatic heterocycles. The number of halogens is 1. The lowest BCUT2D eigenvalue weighted by Crippen LogP contribution is -2.54. The highest BCUT2D eigenvalue weighted by molar-refractivity contribution is 6.24. The van der Waals surface area contributed by atoms with Gasteiger partial charge in [0.2, 0.25) is 11.8 Å². The highest BCUT2D eigenvalue weighted by atomic mass is 19.1. The van der Waals surface area contributed by atoms with Crippen LogP contribution in [0.1, 0.15) is 70.7 Å². The molecule has 0 bridgehead atoms. The minimum atomic E-state index is -1.02. The minimum Gasteiger partial charge on any atom is -0.295 e. The van der Waals surface area contributed by atoms with Crippen LogP contribution in [0.4, 0.5) is 4.39 Å². The molecule has 130 valence electrons. The second kappa shape index (κ2) is 5.75. The summed E-state index contributed by atoms with van der Waals surface area (Å²) >= 11 is 0. The maximum absolute atomic E-state index is 14.1. The van der Waals surface area contributed by atoms with Gasteiger partial charge in [0.25, 0.3) is 11.8 Å². The van der Waals surface area contributed by atoms with Crippen LogP contribution in [0, 0.1) is 5.82 Å². The predicted octanol–water partition coefficient (Wildman–Crippen LogP) is 1.88. The molecule has 1 aliphatic carbocycles. The second-order valence-electron chi connectivity index (χ2n) is 6.85. The third kappa shape index (κ3) is 2.45. The van der Waals surface area contributed by atoms with Gasteiger partial charge in [-0.2, -0.15) is 0 Å². The van der Waals surface area contributed by atoms with Crippen molar-refractivity contribution in [3.05, 3.63) is 34.6 Å². The Morgan fingerprint density at radius 3 is 2.40 bits per heavy atom. The summed E-state index contributed by atoms with van der Waals surface area (Å²) in [4.78, 5) is 50.0. The Morgan fingerprint density at radius 2 is 1.72 bits per heavy atom. The maximum Gasteiger partial charge on any atom is 0.262 e. The fourth-order valence-electron chi connectivity index (χ4n) is 4.15. The number of hydrogen-bond donors (Lipinski definition) is 1.